The van der Waals surface area contributed by atoms with Crippen LogP contribution in [-0.2, 0) is 30.5 Å². The fourth-order valence-corrected chi connectivity index (χ4v) is 3.67. The first kappa shape index (κ1) is 20.2. The van der Waals surface area contributed by atoms with E-state index in [1.54, 1.807) is 28.4 Å². The van der Waals surface area contributed by atoms with Crippen LogP contribution in [0.15, 0.2) is 84.9 Å². The summed E-state index contributed by atoms with van der Waals surface area (Å²) in [5.41, 5.74) is 3.59. The number of benzene rings is 3. The minimum Gasteiger partial charge on any atom is -0.346 e. The molecule has 0 amide bonds. The molecule has 0 aliphatic heterocycles. The Kier molecular flexibility index (Phi) is 6.27. The molecule has 0 aromatic heterocycles. The Morgan fingerprint density at radius 1 is 0.393 bits per heavy atom. The maximum atomic E-state index is 5.84. The van der Waals surface area contributed by atoms with Gasteiger partial charge in [-0.2, -0.15) is 0 Å². The summed E-state index contributed by atoms with van der Waals surface area (Å²) in [4.78, 5) is 0. The van der Waals surface area contributed by atoms with Gasteiger partial charge in [0, 0.05) is 50.7 Å². The first-order valence-electron chi connectivity index (χ1n) is 9.09. The molecule has 0 heterocycles. The Hall–Kier alpha value is -2.50. The van der Waals surface area contributed by atoms with Crippen molar-refractivity contribution in [1.29, 1.82) is 0 Å². The molecule has 3 aromatic carbocycles. The van der Waals surface area contributed by atoms with Gasteiger partial charge in [0.15, 0.2) is 0 Å². The molecule has 146 valence electrons. The van der Waals surface area contributed by atoms with E-state index in [-0.39, 0.29) is 0 Å². The third kappa shape index (κ3) is 3.36. The maximum Gasteiger partial charge on any atom is 0.221 e. The first-order chi connectivity index (χ1) is 13.7. The molecule has 0 bridgehead atoms. The van der Waals surface area contributed by atoms with Crippen LogP contribution in [0.3, 0.4) is 0 Å². The molecular weight excluding hydrogens is 352 g/mol. The van der Waals surface area contributed by atoms with E-state index in [0.29, 0.717) is 0 Å². The highest BCUT2D eigenvalue weighted by Gasteiger charge is 2.37. The van der Waals surface area contributed by atoms with E-state index in [1.165, 1.54) is 0 Å². The summed E-state index contributed by atoms with van der Waals surface area (Å²) in [6.45, 7) is 0. The zero-order valence-corrected chi connectivity index (χ0v) is 16.7. The van der Waals surface area contributed by atoms with Crippen molar-refractivity contribution in [1.82, 2.24) is 0 Å². The van der Waals surface area contributed by atoms with Crippen molar-refractivity contribution in [3.8, 4) is 0 Å². The molecule has 0 unspecified atom stereocenters. The van der Waals surface area contributed by atoms with Gasteiger partial charge in [-0.25, -0.2) is 0 Å². The van der Waals surface area contributed by atoms with Crippen LogP contribution < -0.4 is 0 Å². The number of methoxy groups -OCH3 is 4. The van der Waals surface area contributed by atoms with Gasteiger partial charge in [0.2, 0.25) is 11.6 Å². The second-order valence-corrected chi connectivity index (χ2v) is 6.36. The normalized spacial score (nSPS) is 12.1. The molecular formula is C24H26O4. The first-order valence-corrected chi connectivity index (χ1v) is 9.09. The van der Waals surface area contributed by atoms with E-state index >= 15 is 0 Å². The largest absolute Gasteiger partial charge is 0.346 e. The Morgan fingerprint density at radius 3 is 0.893 bits per heavy atom. The van der Waals surface area contributed by atoms with Crippen LogP contribution in [0.25, 0.3) is 0 Å². The molecule has 0 N–H and O–H groups in total. The molecule has 4 heteroatoms. The summed E-state index contributed by atoms with van der Waals surface area (Å²) in [5.74, 6) is -1.98. The second kappa shape index (κ2) is 8.67. The Labute approximate surface area is 166 Å². The highest BCUT2D eigenvalue weighted by molar-refractivity contribution is 5.39. The number of ether oxygens (including phenoxy) is 4. The third-order valence-electron chi connectivity index (χ3n) is 5.10. The molecule has 4 nitrogen and oxygen atoms in total. The zero-order chi connectivity index (χ0) is 20.0. The average molecular weight is 378 g/mol. The predicted octanol–water partition coefficient (Wildman–Crippen LogP) is 4.67. The molecule has 0 aliphatic rings. The maximum absolute atomic E-state index is 5.84. The summed E-state index contributed by atoms with van der Waals surface area (Å²) in [6.07, 6.45) is 0. The molecule has 0 spiro atoms. The van der Waals surface area contributed by atoms with E-state index in [4.69, 9.17) is 18.9 Å². The van der Waals surface area contributed by atoms with Gasteiger partial charge in [-0.15, -0.1) is 0 Å². The van der Waals surface area contributed by atoms with Crippen molar-refractivity contribution in [3.63, 3.8) is 0 Å². The van der Waals surface area contributed by atoms with E-state index < -0.39 is 11.6 Å². The SMILES string of the molecule is COC(OC)(c1ccccc1)c1ccc(C(OC)(OC)c2ccccc2)cc1. The molecule has 0 saturated carbocycles. The smallest absolute Gasteiger partial charge is 0.221 e. The second-order valence-electron chi connectivity index (χ2n) is 6.36. The lowest BCUT2D eigenvalue weighted by Crippen LogP contribution is -2.34. The van der Waals surface area contributed by atoms with Crippen molar-refractivity contribution < 1.29 is 18.9 Å². The van der Waals surface area contributed by atoms with Gasteiger partial charge in [0.05, 0.1) is 0 Å². The standard InChI is InChI=1S/C24H26O4/c1-25-23(26-2,19-11-7-5-8-12-19)21-15-17-22(18-16-21)24(27-3,28-4)20-13-9-6-10-14-20/h5-18H,1-4H3. The fraction of sp³-hybridized carbons (Fsp3) is 0.250. The Morgan fingerprint density at radius 2 is 0.643 bits per heavy atom. The Bertz CT molecular complexity index is 778. The lowest BCUT2D eigenvalue weighted by molar-refractivity contribution is -0.186. The van der Waals surface area contributed by atoms with Crippen LogP contribution in [0.4, 0.5) is 0 Å². The number of hydrogen-bond donors (Lipinski definition) is 0. The minimum atomic E-state index is -0.991. The molecule has 0 radical (unpaired) electrons. The van der Waals surface area contributed by atoms with E-state index in [1.807, 2.05) is 84.9 Å². The number of rotatable bonds is 8. The summed E-state index contributed by atoms with van der Waals surface area (Å²) in [7, 11) is 6.57. The van der Waals surface area contributed by atoms with Crippen molar-refractivity contribution in [2.45, 2.75) is 11.6 Å². The predicted molar refractivity (Wildman–Crippen MR) is 109 cm³/mol. The van der Waals surface area contributed by atoms with Crippen LogP contribution in [-0.4, -0.2) is 28.4 Å². The summed E-state index contributed by atoms with van der Waals surface area (Å²) in [5, 5.41) is 0. The topological polar surface area (TPSA) is 36.9 Å². The van der Waals surface area contributed by atoms with Gasteiger partial charge < -0.3 is 18.9 Å². The van der Waals surface area contributed by atoms with Crippen LogP contribution in [0.1, 0.15) is 22.3 Å². The lowest BCUT2D eigenvalue weighted by atomic mass is 9.92. The van der Waals surface area contributed by atoms with Crippen LogP contribution in [0.2, 0.25) is 0 Å². The van der Waals surface area contributed by atoms with Gasteiger partial charge in [0.25, 0.3) is 0 Å². The van der Waals surface area contributed by atoms with Gasteiger partial charge >= 0.3 is 0 Å². The van der Waals surface area contributed by atoms with E-state index in [2.05, 4.69) is 0 Å². The van der Waals surface area contributed by atoms with Gasteiger partial charge in [-0.1, -0.05) is 84.9 Å². The third-order valence-corrected chi connectivity index (χ3v) is 5.10. The van der Waals surface area contributed by atoms with Gasteiger partial charge in [0.1, 0.15) is 0 Å². The average Bonchev–Trinajstić information content (AvgIpc) is 2.79. The van der Waals surface area contributed by atoms with Crippen molar-refractivity contribution in [2.24, 2.45) is 0 Å². The molecule has 28 heavy (non-hydrogen) atoms. The quantitative estimate of drug-likeness (QED) is 0.534. The van der Waals surface area contributed by atoms with E-state index in [0.717, 1.165) is 22.3 Å². The minimum absolute atomic E-state index is 0.876. The molecule has 0 fully saturated rings. The summed E-state index contributed by atoms with van der Waals surface area (Å²) in [6, 6.07) is 27.6. The zero-order valence-electron chi connectivity index (χ0n) is 16.7. The van der Waals surface area contributed by atoms with Gasteiger partial charge in [-0.3, -0.25) is 0 Å². The number of hydrogen-bond acceptors (Lipinski definition) is 4. The highest BCUT2D eigenvalue weighted by atomic mass is 16.7. The fourth-order valence-electron chi connectivity index (χ4n) is 3.67. The summed E-state index contributed by atoms with van der Waals surface area (Å²) >= 11 is 0. The highest BCUT2D eigenvalue weighted by Crippen LogP contribution is 2.38. The summed E-state index contributed by atoms with van der Waals surface area (Å²) < 4.78 is 23.3. The monoisotopic (exact) mass is 378 g/mol. The Balaban J connectivity index is 2.07. The molecule has 0 aliphatic carbocycles. The molecule has 3 aromatic rings. The van der Waals surface area contributed by atoms with Crippen LogP contribution in [0.5, 0.6) is 0 Å². The lowest BCUT2D eigenvalue weighted by Gasteiger charge is -2.34. The van der Waals surface area contributed by atoms with Crippen LogP contribution in [0, 0.1) is 0 Å². The van der Waals surface area contributed by atoms with Crippen molar-refractivity contribution in [2.75, 3.05) is 28.4 Å². The van der Waals surface area contributed by atoms with Crippen molar-refractivity contribution in [3.05, 3.63) is 107 Å². The van der Waals surface area contributed by atoms with E-state index in [9.17, 15) is 0 Å². The molecule has 3 rings (SSSR count). The van der Waals surface area contributed by atoms with Gasteiger partial charge in [-0.05, 0) is 0 Å². The molecule has 0 saturated heterocycles. The van der Waals surface area contributed by atoms with Crippen LogP contribution >= 0.6 is 0 Å². The van der Waals surface area contributed by atoms with Crippen molar-refractivity contribution >= 4 is 0 Å². The molecule has 0 atom stereocenters.